The molecule has 10 heteroatoms. The lowest BCUT2D eigenvalue weighted by Crippen LogP contribution is -2.07. The van der Waals surface area contributed by atoms with Crippen molar-refractivity contribution in [1.82, 2.24) is 14.9 Å². The van der Waals surface area contributed by atoms with Crippen molar-refractivity contribution in [3.05, 3.63) is 45.2 Å². The highest BCUT2D eigenvalue weighted by molar-refractivity contribution is 7.71. The quantitative estimate of drug-likeness (QED) is 0.310. The molecule has 0 fully saturated rings. The maximum absolute atomic E-state index is 13.4. The van der Waals surface area contributed by atoms with E-state index in [0.717, 1.165) is 4.68 Å². The van der Waals surface area contributed by atoms with E-state index in [1.807, 2.05) is 0 Å². The minimum absolute atomic E-state index is 0.0203. The van der Waals surface area contributed by atoms with E-state index in [4.69, 9.17) is 12.2 Å². The number of aromatic amines is 1. The first-order chi connectivity index (χ1) is 9.88. The van der Waals surface area contributed by atoms with Gasteiger partial charge in [-0.25, -0.2) is 22.0 Å². The van der Waals surface area contributed by atoms with Crippen molar-refractivity contribution in [3.63, 3.8) is 0 Å². The number of nitrogens with one attached hydrogen (secondary N) is 1. The Kier molecular flexibility index (Phi) is 4.16. The van der Waals surface area contributed by atoms with E-state index in [2.05, 4.69) is 15.3 Å². The Hall–Kier alpha value is -2.10. The normalized spacial score (nSPS) is 11.5. The second kappa shape index (κ2) is 5.72. The van der Waals surface area contributed by atoms with Gasteiger partial charge in [0.15, 0.2) is 29.1 Å². The van der Waals surface area contributed by atoms with Crippen LogP contribution in [0, 0.1) is 33.9 Å². The Labute approximate surface area is 119 Å². The maximum atomic E-state index is 13.4. The van der Waals surface area contributed by atoms with Crippen molar-refractivity contribution in [1.29, 1.82) is 0 Å². The highest BCUT2D eigenvalue weighted by Gasteiger charge is 2.24. The first-order valence-corrected chi connectivity index (χ1v) is 6.01. The summed E-state index contributed by atoms with van der Waals surface area (Å²) in [5, 5.41) is 9.77. The van der Waals surface area contributed by atoms with Crippen LogP contribution < -0.4 is 0 Å². The molecular weight excluding hydrogens is 315 g/mol. The fraction of sp³-hybridized carbons (Fsp3) is 0.182. The summed E-state index contributed by atoms with van der Waals surface area (Å²) in [6.07, 6.45) is 0.891. The third-order valence-corrected chi connectivity index (χ3v) is 2.84. The van der Waals surface area contributed by atoms with Gasteiger partial charge in [-0.1, -0.05) is 6.92 Å². The second-order valence-corrected chi connectivity index (χ2v) is 4.23. The molecule has 21 heavy (non-hydrogen) atoms. The number of benzene rings is 1. The number of halogens is 5. The van der Waals surface area contributed by atoms with Crippen LogP contribution in [-0.2, 0) is 6.42 Å². The highest BCUT2D eigenvalue weighted by atomic mass is 32.1. The molecular formula is C11H7F5N4S. The molecule has 0 unspecified atom stereocenters. The molecule has 0 saturated carbocycles. The number of hydrogen-bond acceptors (Lipinski definition) is 3. The van der Waals surface area contributed by atoms with Crippen LogP contribution >= 0.6 is 12.2 Å². The summed E-state index contributed by atoms with van der Waals surface area (Å²) in [5.41, 5.74) is -1.16. The van der Waals surface area contributed by atoms with E-state index >= 15 is 0 Å². The first kappa shape index (κ1) is 15.3. The molecule has 0 amide bonds. The van der Waals surface area contributed by atoms with Crippen molar-refractivity contribution < 1.29 is 22.0 Å². The lowest BCUT2D eigenvalue weighted by atomic mass is 10.2. The topological polar surface area (TPSA) is 46.0 Å². The molecule has 0 spiro atoms. The molecule has 0 atom stereocenters. The molecule has 112 valence electrons. The van der Waals surface area contributed by atoms with Crippen molar-refractivity contribution >= 4 is 18.4 Å². The summed E-state index contributed by atoms with van der Waals surface area (Å²) in [6, 6.07) is 0. The molecule has 2 rings (SSSR count). The molecule has 0 radical (unpaired) electrons. The Morgan fingerprint density at radius 3 is 2.14 bits per heavy atom. The van der Waals surface area contributed by atoms with Crippen molar-refractivity contribution in [3.8, 4) is 0 Å². The number of H-pyrrole nitrogens is 1. The smallest absolute Gasteiger partial charge is 0.216 e. The van der Waals surface area contributed by atoms with Crippen LogP contribution in [0.1, 0.15) is 18.3 Å². The van der Waals surface area contributed by atoms with Crippen LogP contribution in [0.3, 0.4) is 0 Å². The average Bonchev–Trinajstić information content (AvgIpc) is 2.83. The van der Waals surface area contributed by atoms with Crippen molar-refractivity contribution in [2.75, 3.05) is 0 Å². The molecule has 0 bridgehead atoms. The SMILES string of the molecule is CCc1n[nH]c(=S)n1/N=C\c1c(F)c(F)c(F)c(F)c1F. The molecule has 0 aliphatic rings. The molecule has 1 aromatic heterocycles. The van der Waals surface area contributed by atoms with Crippen LogP contribution in [-0.4, -0.2) is 21.1 Å². The second-order valence-electron chi connectivity index (χ2n) is 3.84. The van der Waals surface area contributed by atoms with Crippen molar-refractivity contribution in [2.45, 2.75) is 13.3 Å². The van der Waals surface area contributed by atoms with E-state index in [1.54, 1.807) is 6.92 Å². The third-order valence-electron chi connectivity index (χ3n) is 2.58. The van der Waals surface area contributed by atoms with Gasteiger partial charge in [-0.05, 0) is 12.2 Å². The third kappa shape index (κ3) is 2.58. The van der Waals surface area contributed by atoms with Crippen LogP contribution in [0.15, 0.2) is 5.10 Å². The summed E-state index contributed by atoms with van der Waals surface area (Å²) in [4.78, 5) is 0. The van der Waals surface area contributed by atoms with Gasteiger partial charge < -0.3 is 0 Å². The van der Waals surface area contributed by atoms with Crippen LogP contribution in [0.5, 0.6) is 0 Å². The Morgan fingerprint density at radius 1 is 1.10 bits per heavy atom. The van der Waals surface area contributed by atoms with Crippen LogP contribution in [0.2, 0.25) is 0 Å². The fourth-order valence-electron chi connectivity index (χ4n) is 1.52. The van der Waals surface area contributed by atoms with Gasteiger partial charge in [-0.15, -0.1) is 0 Å². The molecule has 0 saturated heterocycles. The van der Waals surface area contributed by atoms with Gasteiger partial charge >= 0.3 is 0 Å². The largest absolute Gasteiger partial charge is 0.250 e. The van der Waals surface area contributed by atoms with Gasteiger partial charge in [0.05, 0.1) is 11.8 Å². The lowest BCUT2D eigenvalue weighted by molar-refractivity contribution is 0.377. The molecule has 2 aromatic rings. The summed E-state index contributed by atoms with van der Waals surface area (Å²) < 4.78 is 66.9. The number of nitrogens with zero attached hydrogens (tertiary/aromatic N) is 3. The Balaban J connectivity index is 2.57. The van der Waals surface area contributed by atoms with Gasteiger partial charge in [0.25, 0.3) is 0 Å². The van der Waals surface area contributed by atoms with Gasteiger partial charge in [-0.3, -0.25) is 5.10 Å². The zero-order valence-corrected chi connectivity index (χ0v) is 11.2. The van der Waals surface area contributed by atoms with Gasteiger partial charge in [0.2, 0.25) is 10.6 Å². The lowest BCUT2D eigenvalue weighted by Gasteiger charge is -2.04. The van der Waals surface area contributed by atoms with E-state index < -0.39 is 34.6 Å². The Bertz CT molecular complexity index is 751. The number of aryl methyl sites for hydroxylation is 1. The fourth-order valence-corrected chi connectivity index (χ4v) is 1.72. The molecule has 1 N–H and O–H groups in total. The molecule has 1 heterocycles. The first-order valence-electron chi connectivity index (χ1n) is 5.60. The Morgan fingerprint density at radius 2 is 1.62 bits per heavy atom. The van der Waals surface area contributed by atoms with Crippen LogP contribution in [0.4, 0.5) is 22.0 Å². The highest BCUT2D eigenvalue weighted by Crippen LogP contribution is 2.21. The van der Waals surface area contributed by atoms with E-state index in [9.17, 15) is 22.0 Å². The average molecular weight is 322 g/mol. The van der Waals surface area contributed by atoms with E-state index in [0.29, 0.717) is 18.5 Å². The maximum Gasteiger partial charge on any atom is 0.216 e. The number of rotatable bonds is 3. The monoisotopic (exact) mass is 322 g/mol. The minimum atomic E-state index is -2.23. The molecule has 4 nitrogen and oxygen atoms in total. The van der Waals surface area contributed by atoms with Crippen LogP contribution in [0.25, 0.3) is 0 Å². The zero-order valence-electron chi connectivity index (χ0n) is 10.4. The predicted octanol–water partition coefficient (Wildman–Crippen LogP) is 3.08. The summed E-state index contributed by atoms with van der Waals surface area (Å²) >= 11 is 4.83. The van der Waals surface area contributed by atoms with Gasteiger partial charge in [-0.2, -0.15) is 14.9 Å². The minimum Gasteiger partial charge on any atom is -0.250 e. The summed E-state index contributed by atoms with van der Waals surface area (Å²) in [5.74, 6) is -9.91. The summed E-state index contributed by atoms with van der Waals surface area (Å²) in [7, 11) is 0. The van der Waals surface area contributed by atoms with Crippen molar-refractivity contribution in [2.24, 2.45) is 5.10 Å². The van der Waals surface area contributed by atoms with E-state index in [1.165, 1.54) is 0 Å². The number of hydrogen-bond donors (Lipinski definition) is 1. The standard InChI is InChI=1S/C11H7F5N4S/c1-2-5-18-19-11(21)20(5)17-3-4-6(12)8(14)10(16)9(15)7(4)13/h3H,2H2,1H3,(H,19,21)/b17-3-. The molecule has 0 aliphatic carbocycles. The molecule has 1 aromatic carbocycles. The summed E-state index contributed by atoms with van der Waals surface area (Å²) in [6.45, 7) is 1.72. The van der Waals surface area contributed by atoms with E-state index in [-0.39, 0.29) is 4.77 Å². The predicted molar refractivity (Wildman–Crippen MR) is 66.0 cm³/mol. The molecule has 0 aliphatic heterocycles. The van der Waals surface area contributed by atoms with Gasteiger partial charge in [0, 0.05) is 6.42 Å². The number of aromatic nitrogens is 3. The van der Waals surface area contributed by atoms with Gasteiger partial charge in [0.1, 0.15) is 0 Å². The zero-order chi connectivity index (χ0) is 15.7.